The maximum atomic E-state index is 14.7. The number of aromatic nitrogens is 4. The van der Waals surface area contributed by atoms with E-state index in [0.29, 0.717) is 11.1 Å². The van der Waals surface area contributed by atoms with E-state index in [4.69, 9.17) is 21.1 Å². The van der Waals surface area contributed by atoms with Crippen LogP contribution in [0.3, 0.4) is 0 Å². The second-order valence-corrected chi connectivity index (χ2v) is 18.2. The number of benzene rings is 3. The van der Waals surface area contributed by atoms with Crippen LogP contribution in [0.5, 0.6) is 0 Å². The van der Waals surface area contributed by atoms with Gasteiger partial charge in [0.2, 0.25) is 21.6 Å². The minimum absolute atomic E-state index is 0.0421. The zero-order chi connectivity index (χ0) is 44.9. The van der Waals surface area contributed by atoms with Crippen molar-refractivity contribution in [2.24, 2.45) is 0 Å². The van der Waals surface area contributed by atoms with E-state index in [9.17, 15) is 37.2 Å². The summed E-state index contributed by atoms with van der Waals surface area (Å²) in [6, 6.07) is 14.1. The highest BCUT2D eigenvalue weighted by molar-refractivity contribution is 7.90. The molecule has 324 valence electrons. The molecule has 2 atom stereocenters. The van der Waals surface area contributed by atoms with E-state index in [1.54, 1.807) is 65.8 Å². The average molecular weight is 881 g/mol. The molecule has 5 rings (SSSR count). The zero-order valence-corrected chi connectivity index (χ0v) is 35.8. The molecule has 0 spiro atoms. The summed E-state index contributed by atoms with van der Waals surface area (Å²) in [5.41, 5.74) is -2.83. The summed E-state index contributed by atoms with van der Waals surface area (Å²) in [7, 11) is -3.86. The molecule has 6 amide bonds. The third kappa shape index (κ3) is 11.6. The largest absolute Gasteiger partial charge is 0.457 e. The van der Waals surface area contributed by atoms with Crippen molar-refractivity contribution >= 4 is 74.5 Å². The van der Waals surface area contributed by atoms with E-state index in [1.165, 1.54) is 60.4 Å². The predicted octanol–water partition coefficient (Wildman–Crippen LogP) is 3.60. The van der Waals surface area contributed by atoms with Crippen molar-refractivity contribution in [3.63, 3.8) is 0 Å². The second kappa shape index (κ2) is 17.9. The molecular formula is C39H45ClN10O10S. The van der Waals surface area contributed by atoms with Gasteiger partial charge in [-0.05, 0) is 106 Å². The number of amides is 6. The summed E-state index contributed by atoms with van der Waals surface area (Å²) >= 11 is 6.20. The third-order valence-electron chi connectivity index (χ3n) is 8.61. The number of hydrogen-bond acceptors (Lipinski definition) is 13. The Morgan fingerprint density at radius 1 is 0.869 bits per heavy atom. The highest BCUT2D eigenvalue weighted by Gasteiger charge is 2.57. The molecule has 0 radical (unpaired) electrons. The number of carbonyl (C=O) groups is 6. The normalized spacial score (nSPS) is 15.4. The molecule has 1 aromatic heterocycles. The maximum absolute atomic E-state index is 14.7. The van der Waals surface area contributed by atoms with Crippen LogP contribution in [-0.2, 0) is 51.5 Å². The summed E-state index contributed by atoms with van der Waals surface area (Å²) in [6.45, 7) is 11.1. The second-order valence-electron chi connectivity index (χ2n) is 15.7. The van der Waals surface area contributed by atoms with Crippen LogP contribution in [0.25, 0.3) is 5.69 Å². The molecule has 0 fully saturated rings. The number of carbonyl (C=O) groups excluding carboxylic acids is 6. The lowest BCUT2D eigenvalue weighted by Gasteiger charge is -2.39. The molecule has 0 bridgehead atoms. The lowest BCUT2D eigenvalue weighted by atomic mass is 10.00. The molecule has 4 aromatic rings. The molecule has 2 heterocycles. The van der Waals surface area contributed by atoms with Gasteiger partial charge in [0.15, 0.2) is 0 Å². The number of nitrogens with zero attached hydrogens (tertiary/aromatic N) is 5. The van der Waals surface area contributed by atoms with Crippen molar-refractivity contribution in [3.05, 3.63) is 89.2 Å². The number of hydrogen-bond donors (Lipinski definition) is 5. The molecular weight excluding hydrogens is 836 g/mol. The fourth-order valence-electron chi connectivity index (χ4n) is 5.99. The van der Waals surface area contributed by atoms with Crippen molar-refractivity contribution < 1.29 is 46.7 Å². The van der Waals surface area contributed by atoms with Crippen LogP contribution < -0.4 is 30.9 Å². The number of ether oxygens (including phenoxy) is 2. The molecule has 0 saturated heterocycles. The zero-order valence-electron chi connectivity index (χ0n) is 34.2. The quantitative estimate of drug-likeness (QED) is 0.107. The number of sulfonamides is 1. The summed E-state index contributed by atoms with van der Waals surface area (Å²) in [4.78, 5) is 83.8. The van der Waals surface area contributed by atoms with Crippen LogP contribution in [0.15, 0.2) is 73.1 Å². The van der Waals surface area contributed by atoms with E-state index < -0.39 is 68.7 Å². The van der Waals surface area contributed by atoms with Gasteiger partial charge in [-0.3, -0.25) is 14.4 Å². The molecule has 5 N–H and O–H groups in total. The van der Waals surface area contributed by atoms with Crippen LogP contribution in [-0.4, -0.2) is 93.1 Å². The highest BCUT2D eigenvalue weighted by atomic mass is 35.5. The first-order valence-electron chi connectivity index (χ1n) is 18.7. The van der Waals surface area contributed by atoms with Crippen LogP contribution in [0, 0.1) is 0 Å². The van der Waals surface area contributed by atoms with Crippen molar-refractivity contribution in [3.8, 4) is 5.69 Å². The molecule has 3 aromatic carbocycles. The number of fused-ring (bicyclic) bond motifs is 1. The molecule has 1 aliphatic heterocycles. The molecule has 61 heavy (non-hydrogen) atoms. The van der Waals surface area contributed by atoms with Crippen molar-refractivity contribution in [2.75, 3.05) is 21.3 Å². The van der Waals surface area contributed by atoms with E-state index >= 15 is 0 Å². The van der Waals surface area contributed by atoms with Crippen molar-refractivity contribution in [1.82, 2.24) is 35.6 Å². The van der Waals surface area contributed by atoms with Gasteiger partial charge in [-0.1, -0.05) is 41.9 Å². The first-order chi connectivity index (χ1) is 28.5. The fourth-order valence-corrected chi connectivity index (χ4v) is 6.64. The Kier molecular flexibility index (Phi) is 13.4. The predicted molar refractivity (Wildman–Crippen MR) is 222 cm³/mol. The van der Waals surface area contributed by atoms with Gasteiger partial charge < -0.3 is 30.7 Å². The Balaban J connectivity index is 1.51. The van der Waals surface area contributed by atoms with Gasteiger partial charge in [-0.25, -0.2) is 32.4 Å². The number of anilines is 3. The minimum atomic E-state index is -3.86. The van der Waals surface area contributed by atoms with Gasteiger partial charge >= 0.3 is 29.9 Å². The first kappa shape index (κ1) is 45.5. The molecule has 0 saturated carbocycles. The molecule has 1 aliphatic rings. The third-order valence-corrected chi connectivity index (χ3v) is 10.1. The molecule has 20 nitrogen and oxygen atoms in total. The Hall–Kier alpha value is -6.61. The lowest BCUT2D eigenvalue weighted by Crippen LogP contribution is -2.70. The maximum Gasteiger partial charge on any atom is 0.417 e. The summed E-state index contributed by atoms with van der Waals surface area (Å²) in [5, 5.41) is 21.2. The number of urea groups is 1. The van der Waals surface area contributed by atoms with Gasteiger partial charge in [-0.2, -0.15) is 4.68 Å². The highest BCUT2D eigenvalue weighted by Crippen LogP contribution is 2.40. The van der Waals surface area contributed by atoms with Crippen LogP contribution in [0.2, 0.25) is 5.02 Å². The monoisotopic (exact) mass is 880 g/mol. The number of esters is 1. The number of rotatable bonds is 11. The Bertz CT molecular complexity index is 2440. The number of tetrazole rings is 1. The van der Waals surface area contributed by atoms with Crippen molar-refractivity contribution in [1.29, 1.82) is 0 Å². The number of nitrogens with one attached hydrogen (secondary N) is 5. The van der Waals surface area contributed by atoms with Gasteiger partial charge in [0.25, 0.3) is 0 Å². The minimum Gasteiger partial charge on any atom is -0.457 e. The van der Waals surface area contributed by atoms with Gasteiger partial charge in [0.05, 0.1) is 22.8 Å². The first-order valence-corrected chi connectivity index (χ1v) is 20.7. The summed E-state index contributed by atoms with van der Waals surface area (Å²) in [5.74, 6) is -4.89. The topological polar surface area (TPSA) is 262 Å². The summed E-state index contributed by atoms with van der Waals surface area (Å²) < 4.78 is 38.4. The van der Waals surface area contributed by atoms with Gasteiger partial charge in [0, 0.05) is 23.6 Å². The van der Waals surface area contributed by atoms with Gasteiger partial charge in [-0.15, -0.1) is 5.10 Å². The van der Waals surface area contributed by atoms with Crippen molar-refractivity contribution in [2.45, 2.75) is 84.2 Å². The standard InChI is InChI=1S/C39H45ClN10O10S/c1-8-61(57,58)46-35(55)42-26-16-13-23(14-17-26)19-28(44-33(53)32(52)43-27-20-25(40)15-18-30(27)49-22-41-47-48-49)31(51)45-39(34(54)59-37(2,3)4)21-24-11-9-10-12-29(24)50(39)36(56)60-38(5,6)7/h9-18,20,22,28H,8,19,21H2,1-7H3,(H,43,52)(H,44,53)(H,45,51)(H2,42,46,55). The van der Waals surface area contributed by atoms with E-state index in [1.807, 2.05) is 4.72 Å². The molecule has 22 heteroatoms. The summed E-state index contributed by atoms with van der Waals surface area (Å²) in [6.07, 6.45) is -0.322. The van der Waals surface area contributed by atoms with E-state index in [-0.39, 0.29) is 46.4 Å². The van der Waals surface area contributed by atoms with Crippen LogP contribution in [0.4, 0.5) is 26.7 Å². The smallest absolute Gasteiger partial charge is 0.417 e. The van der Waals surface area contributed by atoms with E-state index in [0.717, 1.165) is 4.90 Å². The van der Waals surface area contributed by atoms with Crippen LogP contribution >= 0.6 is 11.6 Å². The van der Waals surface area contributed by atoms with Gasteiger partial charge in [0.1, 0.15) is 23.6 Å². The van der Waals surface area contributed by atoms with E-state index in [2.05, 4.69) is 36.8 Å². The Labute approximate surface area is 356 Å². The molecule has 2 unspecified atom stereocenters. The average Bonchev–Trinajstić information content (AvgIpc) is 3.81. The van der Waals surface area contributed by atoms with Crippen LogP contribution in [0.1, 0.15) is 59.6 Å². The lowest BCUT2D eigenvalue weighted by molar-refractivity contribution is -0.164. The fraction of sp³-hybridized carbons (Fsp3) is 0.359. The SMILES string of the molecule is CCS(=O)(=O)NC(=O)Nc1ccc(CC(NC(=O)C(=O)Nc2cc(Cl)ccc2-n2cnnn2)C(=O)NC2(C(=O)OC(C)(C)C)Cc3ccccc3N2C(=O)OC(C)(C)C)cc1. The Morgan fingerprint density at radius 2 is 1.54 bits per heavy atom. The Morgan fingerprint density at radius 3 is 2.16 bits per heavy atom. The number of para-hydroxylation sites is 1. The molecule has 0 aliphatic carbocycles. The number of halogens is 1.